The molecule has 17 heavy (non-hydrogen) atoms. The molecule has 0 aliphatic heterocycles. The minimum absolute atomic E-state index is 0.276. The molecule has 2 heterocycles. The van der Waals surface area contributed by atoms with Gasteiger partial charge in [-0.15, -0.1) is 0 Å². The van der Waals surface area contributed by atoms with Gasteiger partial charge in [0.15, 0.2) is 0 Å². The fraction of sp³-hybridized carbons (Fsp3) is 0.500. The predicted octanol–water partition coefficient (Wildman–Crippen LogP) is 1.57. The van der Waals surface area contributed by atoms with Crippen molar-refractivity contribution >= 4 is 0 Å². The molecule has 2 aromatic heterocycles. The number of hydrogen-bond donors (Lipinski definition) is 0. The van der Waals surface area contributed by atoms with Gasteiger partial charge in [0.1, 0.15) is 5.60 Å². The lowest BCUT2D eigenvalue weighted by Gasteiger charge is -2.29. The van der Waals surface area contributed by atoms with Crippen LogP contribution in [0.3, 0.4) is 0 Å². The first-order chi connectivity index (χ1) is 8.22. The normalized spacial score (nSPS) is 14.7. The summed E-state index contributed by atoms with van der Waals surface area (Å²) < 4.78 is 9.79. The van der Waals surface area contributed by atoms with Gasteiger partial charge in [-0.3, -0.25) is 4.68 Å². The van der Waals surface area contributed by atoms with Crippen LogP contribution in [0.25, 0.3) is 0 Å². The standard InChI is InChI=1S/C12H18N4O/c1-3-17-12(2,9-15-8-6-13-11-15)10-16-7-4-5-14-16/h4-8,11H,3,9-10H2,1-2H3. The van der Waals surface area contributed by atoms with Gasteiger partial charge >= 0.3 is 0 Å². The Morgan fingerprint density at radius 3 is 2.71 bits per heavy atom. The van der Waals surface area contributed by atoms with Crippen molar-refractivity contribution < 1.29 is 4.74 Å². The van der Waals surface area contributed by atoms with Gasteiger partial charge in [0.25, 0.3) is 0 Å². The quantitative estimate of drug-likeness (QED) is 0.762. The molecule has 0 N–H and O–H groups in total. The van der Waals surface area contributed by atoms with Gasteiger partial charge in [0.05, 0.1) is 19.4 Å². The minimum atomic E-state index is -0.276. The van der Waals surface area contributed by atoms with E-state index in [1.807, 2.05) is 34.6 Å². The molecular weight excluding hydrogens is 216 g/mol. The van der Waals surface area contributed by atoms with Crippen LogP contribution in [0.15, 0.2) is 37.2 Å². The number of imidazole rings is 1. The lowest BCUT2D eigenvalue weighted by Crippen LogP contribution is -2.38. The van der Waals surface area contributed by atoms with Crippen molar-refractivity contribution in [3.8, 4) is 0 Å². The number of ether oxygens (including phenoxy) is 1. The van der Waals surface area contributed by atoms with Gasteiger partial charge < -0.3 is 9.30 Å². The summed E-state index contributed by atoms with van der Waals surface area (Å²) in [4.78, 5) is 4.05. The van der Waals surface area contributed by atoms with Gasteiger partial charge in [-0.1, -0.05) is 0 Å². The number of hydrogen-bond acceptors (Lipinski definition) is 3. The van der Waals surface area contributed by atoms with Crippen molar-refractivity contribution in [1.82, 2.24) is 19.3 Å². The first-order valence-electron chi connectivity index (χ1n) is 5.79. The summed E-state index contributed by atoms with van der Waals surface area (Å²) in [6.45, 7) is 6.28. The third-order valence-electron chi connectivity index (χ3n) is 2.62. The summed E-state index contributed by atoms with van der Waals surface area (Å²) >= 11 is 0. The Kier molecular flexibility index (Phi) is 3.58. The zero-order valence-corrected chi connectivity index (χ0v) is 10.3. The van der Waals surface area contributed by atoms with Gasteiger partial charge in [0, 0.05) is 31.4 Å². The van der Waals surface area contributed by atoms with Crippen molar-refractivity contribution in [2.45, 2.75) is 32.5 Å². The Labute approximate surface area is 101 Å². The Morgan fingerprint density at radius 1 is 1.24 bits per heavy atom. The summed E-state index contributed by atoms with van der Waals surface area (Å²) in [5, 5.41) is 4.22. The largest absolute Gasteiger partial charge is 0.372 e. The molecule has 0 bridgehead atoms. The fourth-order valence-corrected chi connectivity index (χ4v) is 1.99. The first-order valence-corrected chi connectivity index (χ1v) is 5.79. The highest BCUT2D eigenvalue weighted by Crippen LogP contribution is 2.16. The van der Waals surface area contributed by atoms with E-state index in [1.54, 1.807) is 18.7 Å². The van der Waals surface area contributed by atoms with Crippen molar-refractivity contribution in [3.63, 3.8) is 0 Å². The summed E-state index contributed by atoms with van der Waals surface area (Å²) in [7, 11) is 0. The molecule has 0 spiro atoms. The van der Waals surface area contributed by atoms with Gasteiger partial charge in [-0.25, -0.2) is 4.98 Å². The van der Waals surface area contributed by atoms with Crippen LogP contribution in [0, 0.1) is 0 Å². The highest BCUT2D eigenvalue weighted by molar-refractivity contribution is 4.85. The molecule has 0 saturated carbocycles. The molecule has 1 unspecified atom stereocenters. The topological polar surface area (TPSA) is 44.9 Å². The van der Waals surface area contributed by atoms with E-state index >= 15 is 0 Å². The van der Waals surface area contributed by atoms with Crippen LogP contribution < -0.4 is 0 Å². The number of nitrogens with zero attached hydrogens (tertiary/aromatic N) is 4. The lowest BCUT2D eigenvalue weighted by atomic mass is 10.1. The molecule has 5 nitrogen and oxygen atoms in total. The molecule has 0 aliphatic carbocycles. The van der Waals surface area contributed by atoms with Gasteiger partial charge in [-0.05, 0) is 19.9 Å². The molecule has 92 valence electrons. The highest BCUT2D eigenvalue weighted by atomic mass is 16.5. The van der Waals surface area contributed by atoms with E-state index in [0.717, 1.165) is 13.1 Å². The van der Waals surface area contributed by atoms with E-state index in [9.17, 15) is 0 Å². The molecule has 0 aromatic carbocycles. The molecule has 0 saturated heterocycles. The molecule has 0 aliphatic rings. The maximum absolute atomic E-state index is 5.87. The molecule has 0 fully saturated rings. The molecule has 5 heteroatoms. The summed E-state index contributed by atoms with van der Waals surface area (Å²) in [5.41, 5.74) is -0.276. The molecule has 2 aromatic rings. The summed E-state index contributed by atoms with van der Waals surface area (Å²) in [6, 6.07) is 1.92. The van der Waals surface area contributed by atoms with Crippen LogP contribution in [0.2, 0.25) is 0 Å². The third kappa shape index (κ3) is 3.17. The zero-order chi connectivity index (χ0) is 12.1. The molecule has 2 rings (SSSR count). The number of aromatic nitrogens is 4. The monoisotopic (exact) mass is 234 g/mol. The average molecular weight is 234 g/mol. The Hall–Kier alpha value is -1.62. The van der Waals surface area contributed by atoms with E-state index in [1.165, 1.54) is 0 Å². The summed E-state index contributed by atoms with van der Waals surface area (Å²) in [5.74, 6) is 0. The van der Waals surface area contributed by atoms with Crippen LogP contribution in [-0.2, 0) is 17.8 Å². The first kappa shape index (κ1) is 11.9. The molecular formula is C12H18N4O. The van der Waals surface area contributed by atoms with E-state index in [-0.39, 0.29) is 5.60 Å². The second-order valence-corrected chi connectivity index (χ2v) is 4.32. The zero-order valence-electron chi connectivity index (χ0n) is 10.3. The van der Waals surface area contributed by atoms with Crippen LogP contribution >= 0.6 is 0 Å². The van der Waals surface area contributed by atoms with Crippen LogP contribution in [-0.4, -0.2) is 31.5 Å². The SMILES string of the molecule is CCOC(C)(Cn1ccnc1)Cn1cccn1. The van der Waals surface area contributed by atoms with E-state index < -0.39 is 0 Å². The predicted molar refractivity (Wildman–Crippen MR) is 64.5 cm³/mol. The van der Waals surface area contributed by atoms with Crippen LogP contribution in [0.1, 0.15) is 13.8 Å². The van der Waals surface area contributed by atoms with E-state index in [2.05, 4.69) is 17.0 Å². The van der Waals surface area contributed by atoms with Gasteiger partial charge in [0.2, 0.25) is 0 Å². The van der Waals surface area contributed by atoms with Crippen LogP contribution in [0.5, 0.6) is 0 Å². The van der Waals surface area contributed by atoms with Crippen LogP contribution in [0.4, 0.5) is 0 Å². The molecule has 0 radical (unpaired) electrons. The number of rotatable bonds is 6. The molecule has 1 atom stereocenters. The summed E-state index contributed by atoms with van der Waals surface area (Å²) in [6.07, 6.45) is 9.26. The second kappa shape index (κ2) is 5.14. The Morgan fingerprint density at radius 2 is 2.12 bits per heavy atom. The Balaban J connectivity index is 2.08. The third-order valence-corrected chi connectivity index (χ3v) is 2.62. The minimum Gasteiger partial charge on any atom is -0.372 e. The van der Waals surface area contributed by atoms with Crippen molar-refractivity contribution in [1.29, 1.82) is 0 Å². The molecule has 0 amide bonds. The second-order valence-electron chi connectivity index (χ2n) is 4.32. The maximum Gasteiger partial charge on any atom is 0.103 e. The van der Waals surface area contributed by atoms with E-state index in [0.29, 0.717) is 6.61 Å². The van der Waals surface area contributed by atoms with Crippen molar-refractivity contribution in [2.24, 2.45) is 0 Å². The van der Waals surface area contributed by atoms with Gasteiger partial charge in [-0.2, -0.15) is 5.10 Å². The lowest BCUT2D eigenvalue weighted by molar-refractivity contribution is -0.0514. The van der Waals surface area contributed by atoms with E-state index in [4.69, 9.17) is 4.74 Å². The fourth-order valence-electron chi connectivity index (χ4n) is 1.99. The highest BCUT2D eigenvalue weighted by Gasteiger charge is 2.26. The smallest absolute Gasteiger partial charge is 0.103 e. The maximum atomic E-state index is 5.87. The Bertz CT molecular complexity index is 385. The van der Waals surface area contributed by atoms with Crippen molar-refractivity contribution in [3.05, 3.63) is 37.2 Å². The van der Waals surface area contributed by atoms with Crippen molar-refractivity contribution in [2.75, 3.05) is 6.61 Å². The average Bonchev–Trinajstić information content (AvgIpc) is 2.91.